The molecule has 1 amide bonds. The van der Waals surface area contributed by atoms with Gasteiger partial charge in [0.05, 0.1) is 29.0 Å². The zero-order valence-corrected chi connectivity index (χ0v) is 16.6. The number of piperidine rings is 1. The maximum Gasteiger partial charge on any atom is 0.243 e. The summed E-state index contributed by atoms with van der Waals surface area (Å²) in [5.41, 5.74) is 0. The quantitative estimate of drug-likeness (QED) is 0.669. The SMILES string of the molecule is CCOc1ccc(S(=O)(=O)N2CCC[C@@H](C(=O)NCCOC)C2)cc1Cl. The van der Waals surface area contributed by atoms with Crippen LogP contribution in [0.5, 0.6) is 5.75 Å². The highest BCUT2D eigenvalue weighted by Gasteiger charge is 2.33. The first-order valence-corrected chi connectivity index (χ1v) is 10.4. The Labute approximate surface area is 159 Å². The number of carbonyl (C=O) groups is 1. The molecule has 1 heterocycles. The molecule has 0 bridgehead atoms. The zero-order valence-electron chi connectivity index (χ0n) is 15.0. The Morgan fingerprint density at radius 2 is 2.19 bits per heavy atom. The predicted octanol–water partition coefficient (Wildman–Crippen LogP) is 1.90. The lowest BCUT2D eigenvalue weighted by atomic mass is 9.99. The minimum atomic E-state index is -3.72. The van der Waals surface area contributed by atoms with Gasteiger partial charge in [-0.2, -0.15) is 4.31 Å². The van der Waals surface area contributed by atoms with E-state index < -0.39 is 10.0 Å². The van der Waals surface area contributed by atoms with Gasteiger partial charge in [0.25, 0.3) is 0 Å². The first kappa shape index (κ1) is 21.0. The summed E-state index contributed by atoms with van der Waals surface area (Å²) in [6.07, 6.45) is 1.29. The summed E-state index contributed by atoms with van der Waals surface area (Å²) in [5.74, 6) is -0.0672. The summed E-state index contributed by atoms with van der Waals surface area (Å²) in [7, 11) is -2.16. The van der Waals surface area contributed by atoms with E-state index in [4.69, 9.17) is 21.1 Å². The van der Waals surface area contributed by atoms with E-state index >= 15 is 0 Å². The molecule has 9 heteroatoms. The number of benzene rings is 1. The van der Waals surface area contributed by atoms with Crippen molar-refractivity contribution < 1.29 is 22.7 Å². The number of carbonyl (C=O) groups excluding carboxylic acids is 1. The second-order valence-corrected chi connectivity index (χ2v) is 8.36. The number of nitrogens with zero attached hydrogens (tertiary/aromatic N) is 1. The number of amides is 1. The van der Waals surface area contributed by atoms with E-state index in [-0.39, 0.29) is 28.3 Å². The molecule has 26 heavy (non-hydrogen) atoms. The van der Waals surface area contributed by atoms with Gasteiger partial charge in [0.15, 0.2) is 0 Å². The van der Waals surface area contributed by atoms with Crippen molar-refractivity contribution in [3.63, 3.8) is 0 Å². The van der Waals surface area contributed by atoms with Crippen LogP contribution in [-0.2, 0) is 19.6 Å². The van der Waals surface area contributed by atoms with E-state index in [1.165, 1.54) is 16.4 Å². The number of halogens is 1. The van der Waals surface area contributed by atoms with E-state index in [0.29, 0.717) is 44.9 Å². The third-order valence-corrected chi connectivity index (χ3v) is 6.36. The molecule has 1 fully saturated rings. The van der Waals surface area contributed by atoms with E-state index in [1.807, 2.05) is 6.92 Å². The molecule has 146 valence electrons. The summed E-state index contributed by atoms with van der Waals surface area (Å²) < 4.78 is 37.4. The lowest BCUT2D eigenvalue weighted by Crippen LogP contribution is -2.45. The second kappa shape index (κ2) is 9.55. The van der Waals surface area contributed by atoms with Crippen molar-refractivity contribution in [1.82, 2.24) is 9.62 Å². The monoisotopic (exact) mass is 404 g/mol. The number of rotatable bonds is 8. The van der Waals surface area contributed by atoms with Crippen LogP contribution in [0.1, 0.15) is 19.8 Å². The fourth-order valence-electron chi connectivity index (χ4n) is 2.86. The van der Waals surface area contributed by atoms with Gasteiger partial charge in [-0.25, -0.2) is 8.42 Å². The molecule has 0 saturated carbocycles. The summed E-state index contributed by atoms with van der Waals surface area (Å²) in [6.45, 7) is 3.64. The predicted molar refractivity (Wildman–Crippen MR) is 99.0 cm³/mol. The Morgan fingerprint density at radius 3 is 2.85 bits per heavy atom. The Morgan fingerprint density at radius 1 is 1.42 bits per heavy atom. The van der Waals surface area contributed by atoms with Crippen molar-refractivity contribution in [2.45, 2.75) is 24.7 Å². The van der Waals surface area contributed by atoms with Crippen molar-refractivity contribution >= 4 is 27.5 Å². The molecule has 0 spiro atoms. The van der Waals surface area contributed by atoms with Gasteiger partial charge in [0.2, 0.25) is 15.9 Å². The molecule has 0 radical (unpaired) electrons. The molecule has 1 aliphatic rings. The highest BCUT2D eigenvalue weighted by Crippen LogP contribution is 2.30. The lowest BCUT2D eigenvalue weighted by molar-refractivity contribution is -0.126. The van der Waals surface area contributed by atoms with Gasteiger partial charge < -0.3 is 14.8 Å². The van der Waals surface area contributed by atoms with Gasteiger partial charge in [0, 0.05) is 26.7 Å². The van der Waals surface area contributed by atoms with Crippen LogP contribution in [0.15, 0.2) is 23.1 Å². The van der Waals surface area contributed by atoms with Crippen molar-refractivity contribution in [3.05, 3.63) is 23.2 Å². The molecular formula is C17H25ClN2O5S. The number of hydrogen-bond acceptors (Lipinski definition) is 5. The number of methoxy groups -OCH3 is 1. The average molecular weight is 405 g/mol. The minimum absolute atomic E-state index is 0.103. The molecule has 1 aliphatic heterocycles. The summed E-state index contributed by atoms with van der Waals surface area (Å²) in [5, 5.41) is 3.02. The molecule has 0 unspecified atom stereocenters. The number of nitrogens with one attached hydrogen (secondary N) is 1. The highest BCUT2D eigenvalue weighted by molar-refractivity contribution is 7.89. The maximum absolute atomic E-state index is 12.9. The molecule has 1 atom stereocenters. The van der Waals surface area contributed by atoms with Crippen LogP contribution in [-0.4, -0.2) is 58.6 Å². The minimum Gasteiger partial charge on any atom is -0.492 e. The molecule has 2 rings (SSSR count). The van der Waals surface area contributed by atoms with Crippen molar-refractivity contribution in [3.8, 4) is 5.75 Å². The summed E-state index contributed by atoms with van der Waals surface area (Å²) in [4.78, 5) is 12.3. The number of sulfonamides is 1. The van der Waals surface area contributed by atoms with E-state index in [0.717, 1.165) is 0 Å². The van der Waals surface area contributed by atoms with Crippen LogP contribution >= 0.6 is 11.6 Å². The second-order valence-electron chi connectivity index (χ2n) is 6.01. The van der Waals surface area contributed by atoms with Gasteiger partial charge in [-0.3, -0.25) is 4.79 Å². The topological polar surface area (TPSA) is 84.9 Å². The van der Waals surface area contributed by atoms with Crippen LogP contribution in [0.3, 0.4) is 0 Å². The van der Waals surface area contributed by atoms with Gasteiger partial charge in [-0.1, -0.05) is 11.6 Å². The Kier molecular flexibility index (Phi) is 7.69. The Bertz CT molecular complexity index is 726. The lowest BCUT2D eigenvalue weighted by Gasteiger charge is -2.31. The van der Waals surface area contributed by atoms with Crippen molar-refractivity contribution in [2.75, 3.05) is 40.0 Å². The summed E-state index contributed by atoms with van der Waals surface area (Å²) in [6, 6.07) is 4.43. The van der Waals surface area contributed by atoms with Crippen LogP contribution in [0, 0.1) is 5.92 Å². The number of hydrogen-bond donors (Lipinski definition) is 1. The third kappa shape index (κ3) is 5.09. The molecule has 0 aliphatic carbocycles. The highest BCUT2D eigenvalue weighted by atomic mass is 35.5. The van der Waals surface area contributed by atoms with Gasteiger partial charge in [-0.15, -0.1) is 0 Å². The van der Waals surface area contributed by atoms with Crippen LogP contribution in [0.4, 0.5) is 0 Å². The van der Waals surface area contributed by atoms with Gasteiger partial charge in [-0.05, 0) is 38.0 Å². The average Bonchev–Trinajstić information content (AvgIpc) is 2.63. The fourth-order valence-corrected chi connectivity index (χ4v) is 4.71. The third-order valence-electron chi connectivity index (χ3n) is 4.20. The molecular weight excluding hydrogens is 380 g/mol. The smallest absolute Gasteiger partial charge is 0.243 e. The van der Waals surface area contributed by atoms with Crippen LogP contribution in [0.2, 0.25) is 5.02 Å². The zero-order chi connectivity index (χ0) is 19.2. The standard InChI is InChI=1S/C17H25ClN2O5S/c1-3-25-16-7-6-14(11-15(16)18)26(22,23)20-9-4-5-13(12-20)17(21)19-8-10-24-2/h6-7,11,13H,3-5,8-10,12H2,1-2H3,(H,19,21)/t13-/m1/s1. The fraction of sp³-hybridized carbons (Fsp3) is 0.588. The normalized spacial score (nSPS) is 18.5. The molecule has 0 aromatic heterocycles. The van der Waals surface area contributed by atoms with Crippen molar-refractivity contribution in [2.24, 2.45) is 5.92 Å². The molecule has 1 N–H and O–H groups in total. The van der Waals surface area contributed by atoms with E-state index in [9.17, 15) is 13.2 Å². The maximum atomic E-state index is 12.9. The number of ether oxygens (including phenoxy) is 2. The van der Waals surface area contributed by atoms with Crippen LogP contribution in [0.25, 0.3) is 0 Å². The Balaban J connectivity index is 2.10. The largest absolute Gasteiger partial charge is 0.492 e. The Hall–Kier alpha value is -1.35. The first-order chi connectivity index (χ1) is 12.4. The van der Waals surface area contributed by atoms with Crippen molar-refractivity contribution in [1.29, 1.82) is 0 Å². The molecule has 7 nitrogen and oxygen atoms in total. The first-order valence-electron chi connectivity index (χ1n) is 8.59. The van der Waals surface area contributed by atoms with Gasteiger partial charge >= 0.3 is 0 Å². The summed E-state index contributed by atoms with van der Waals surface area (Å²) >= 11 is 6.12. The van der Waals surface area contributed by atoms with Gasteiger partial charge in [0.1, 0.15) is 5.75 Å². The molecule has 1 saturated heterocycles. The van der Waals surface area contributed by atoms with E-state index in [1.54, 1.807) is 13.2 Å². The van der Waals surface area contributed by atoms with E-state index in [2.05, 4.69) is 5.32 Å². The molecule has 1 aromatic rings. The molecule has 1 aromatic carbocycles. The van der Waals surface area contributed by atoms with Crippen LogP contribution < -0.4 is 10.1 Å².